The molecule has 4 nitrogen and oxygen atoms in total. The van der Waals surface area contributed by atoms with Crippen molar-refractivity contribution in [2.45, 2.75) is 13.0 Å². The molecule has 0 heterocycles. The SMILES string of the molecule is C=C(C)C(NN)c1cc(OC)cc(OC)c1. The van der Waals surface area contributed by atoms with Crippen molar-refractivity contribution in [2.24, 2.45) is 5.84 Å². The normalized spacial score (nSPS) is 12.0. The van der Waals surface area contributed by atoms with Crippen molar-refractivity contribution < 1.29 is 9.47 Å². The predicted octanol–water partition coefficient (Wildman–Crippen LogP) is 1.78. The molecule has 1 unspecified atom stereocenters. The van der Waals surface area contributed by atoms with Gasteiger partial charge < -0.3 is 9.47 Å². The molecule has 0 spiro atoms. The number of nitrogens with two attached hydrogens (primary N) is 1. The van der Waals surface area contributed by atoms with E-state index in [1.807, 2.05) is 25.1 Å². The van der Waals surface area contributed by atoms with E-state index in [-0.39, 0.29) is 6.04 Å². The lowest BCUT2D eigenvalue weighted by molar-refractivity contribution is 0.392. The second-order valence-electron chi connectivity index (χ2n) is 3.59. The Balaban J connectivity index is 3.15. The molecule has 16 heavy (non-hydrogen) atoms. The Labute approximate surface area is 96.0 Å². The van der Waals surface area contributed by atoms with Gasteiger partial charge in [0.2, 0.25) is 0 Å². The van der Waals surface area contributed by atoms with E-state index >= 15 is 0 Å². The highest BCUT2D eigenvalue weighted by Gasteiger charge is 2.12. The summed E-state index contributed by atoms with van der Waals surface area (Å²) in [5.41, 5.74) is 4.60. The highest BCUT2D eigenvalue weighted by Crippen LogP contribution is 2.28. The van der Waals surface area contributed by atoms with Gasteiger partial charge in [0.1, 0.15) is 11.5 Å². The molecule has 3 N–H and O–H groups in total. The lowest BCUT2D eigenvalue weighted by atomic mass is 10.0. The molecule has 0 aromatic heterocycles. The van der Waals surface area contributed by atoms with E-state index in [2.05, 4.69) is 12.0 Å². The lowest BCUT2D eigenvalue weighted by Gasteiger charge is -2.18. The number of hydrogen-bond donors (Lipinski definition) is 2. The maximum absolute atomic E-state index is 5.50. The summed E-state index contributed by atoms with van der Waals surface area (Å²) in [6, 6.07) is 5.52. The topological polar surface area (TPSA) is 56.5 Å². The Morgan fingerprint density at radius 1 is 1.25 bits per heavy atom. The van der Waals surface area contributed by atoms with E-state index in [0.717, 1.165) is 22.6 Å². The molecule has 4 heteroatoms. The van der Waals surface area contributed by atoms with Crippen LogP contribution in [0.1, 0.15) is 18.5 Å². The van der Waals surface area contributed by atoms with Crippen LogP contribution in [0.25, 0.3) is 0 Å². The molecule has 1 aromatic rings. The predicted molar refractivity (Wildman–Crippen MR) is 64.4 cm³/mol. The minimum absolute atomic E-state index is 0.107. The van der Waals surface area contributed by atoms with Gasteiger partial charge in [-0.3, -0.25) is 5.84 Å². The molecule has 88 valence electrons. The van der Waals surface area contributed by atoms with Crippen molar-refractivity contribution in [1.82, 2.24) is 5.43 Å². The highest BCUT2D eigenvalue weighted by atomic mass is 16.5. The van der Waals surface area contributed by atoms with Gasteiger partial charge in [-0.05, 0) is 24.6 Å². The van der Waals surface area contributed by atoms with Crippen molar-refractivity contribution in [3.8, 4) is 11.5 Å². The van der Waals surface area contributed by atoms with Gasteiger partial charge in [-0.15, -0.1) is 0 Å². The molecule has 1 rings (SSSR count). The van der Waals surface area contributed by atoms with Gasteiger partial charge in [-0.1, -0.05) is 12.2 Å². The van der Waals surface area contributed by atoms with E-state index in [1.165, 1.54) is 0 Å². The summed E-state index contributed by atoms with van der Waals surface area (Å²) in [4.78, 5) is 0. The average Bonchev–Trinajstić information content (AvgIpc) is 2.29. The minimum Gasteiger partial charge on any atom is -0.497 e. The maximum Gasteiger partial charge on any atom is 0.122 e. The van der Waals surface area contributed by atoms with Gasteiger partial charge in [0.15, 0.2) is 0 Å². The third-order valence-electron chi connectivity index (χ3n) is 2.37. The quantitative estimate of drug-likeness (QED) is 0.453. The number of ether oxygens (including phenoxy) is 2. The Bertz CT molecular complexity index is 355. The molecular weight excluding hydrogens is 204 g/mol. The second-order valence-corrected chi connectivity index (χ2v) is 3.59. The zero-order valence-electron chi connectivity index (χ0n) is 9.91. The van der Waals surface area contributed by atoms with E-state index in [0.29, 0.717) is 0 Å². The van der Waals surface area contributed by atoms with Crippen LogP contribution in [-0.2, 0) is 0 Å². The molecule has 0 saturated heterocycles. The van der Waals surface area contributed by atoms with Crippen molar-refractivity contribution >= 4 is 0 Å². The summed E-state index contributed by atoms with van der Waals surface area (Å²) in [6.07, 6.45) is 0. The summed E-state index contributed by atoms with van der Waals surface area (Å²) in [6.45, 7) is 5.80. The van der Waals surface area contributed by atoms with E-state index in [4.69, 9.17) is 15.3 Å². The molecule has 0 saturated carbocycles. The minimum atomic E-state index is -0.107. The van der Waals surface area contributed by atoms with Crippen LogP contribution in [0.5, 0.6) is 11.5 Å². The molecule has 1 atom stereocenters. The van der Waals surface area contributed by atoms with Gasteiger partial charge in [0.25, 0.3) is 0 Å². The lowest BCUT2D eigenvalue weighted by Crippen LogP contribution is -2.28. The first-order valence-corrected chi connectivity index (χ1v) is 4.97. The fraction of sp³-hybridized carbons (Fsp3) is 0.333. The van der Waals surface area contributed by atoms with Crippen LogP contribution < -0.4 is 20.7 Å². The van der Waals surface area contributed by atoms with Crippen LogP contribution in [0.15, 0.2) is 30.4 Å². The second kappa shape index (κ2) is 5.53. The van der Waals surface area contributed by atoms with E-state index in [9.17, 15) is 0 Å². The molecule has 0 amide bonds. The Kier molecular flexibility index (Phi) is 4.34. The molecule has 0 radical (unpaired) electrons. The number of methoxy groups -OCH3 is 2. The number of rotatable bonds is 5. The Morgan fingerprint density at radius 3 is 2.06 bits per heavy atom. The number of benzene rings is 1. The number of nitrogens with one attached hydrogen (secondary N) is 1. The first kappa shape index (κ1) is 12.5. The maximum atomic E-state index is 5.50. The molecule has 0 aliphatic heterocycles. The molecule has 0 bridgehead atoms. The van der Waals surface area contributed by atoms with Crippen LogP contribution in [0.4, 0.5) is 0 Å². The summed E-state index contributed by atoms with van der Waals surface area (Å²) in [5, 5.41) is 0. The highest BCUT2D eigenvalue weighted by molar-refractivity contribution is 5.41. The van der Waals surface area contributed by atoms with E-state index in [1.54, 1.807) is 14.2 Å². The van der Waals surface area contributed by atoms with Crippen LogP contribution >= 0.6 is 0 Å². The van der Waals surface area contributed by atoms with Crippen molar-refractivity contribution in [2.75, 3.05) is 14.2 Å². The van der Waals surface area contributed by atoms with Crippen LogP contribution in [-0.4, -0.2) is 14.2 Å². The first-order chi connectivity index (χ1) is 7.62. The van der Waals surface area contributed by atoms with Crippen LogP contribution in [0.2, 0.25) is 0 Å². The monoisotopic (exact) mass is 222 g/mol. The fourth-order valence-electron chi connectivity index (χ4n) is 1.52. The number of hydrazine groups is 1. The smallest absolute Gasteiger partial charge is 0.122 e. The van der Waals surface area contributed by atoms with E-state index < -0.39 is 0 Å². The summed E-state index contributed by atoms with van der Waals surface area (Å²) in [5.74, 6) is 6.96. The van der Waals surface area contributed by atoms with Gasteiger partial charge in [-0.25, -0.2) is 5.43 Å². The molecular formula is C12H18N2O2. The third-order valence-corrected chi connectivity index (χ3v) is 2.37. The van der Waals surface area contributed by atoms with Gasteiger partial charge in [-0.2, -0.15) is 0 Å². The molecule has 0 fully saturated rings. The number of hydrogen-bond acceptors (Lipinski definition) is 4. The summed E-state index contributed by atoms with van der Waals surface area (Å²) >= 11 is 0. The zero-order chi connectivity index (χ0) is 12.1. The summed E-state index contributed by atoms with van der Waals surface area (Å²) in [7, 11) is 3.23. The largest absolute Gasteiger partial charge is 0.497 e. The average molecular weight is 222 g/mol. The molecule has 0 aliphatic carbocycles. The zero-order valence-corrected chi connectivity index (χ0v) is 9.91. The Morgan fingerprint density at radius 2 is 1.75 bits per heavy atom. The van der Waals surface area contributed by atoms with Crippen LogP contribution in [0, 0.1) is 0 Å². The van der Waals surface area contributed by atoms with Gasteiger partial charge in [0.05, 0.1) is 20.3 Å². The molecule has 0 aliphatic rings. The van der Waals surface area contributed by atoms with Crippen LogP contribution in [0.3, 0.4) is 0 Å². The van der Waals surface area contributed by atoms with Crippen molar-refractivity contribution in [3.63, 3.8) is 0 Å². The third kappa shape index (κ3) is 2.74. The standard InChI is InChI=1S/C12H18N2O2/c1-8(2)12(14-13)9-5-10(15-3)7-11(6-9)16-4/h5-7,12,14H,1,13H2,2-4H3. The van der Waals surface area contributed by atoms with Gasteiger partial charge >= 0.3 is 0 Å². The van der Waals surface area contributed by atoms with Gasteiger partial charge in [0, 0.05) is 6.07 Å². The fourth-order valence-corrected chi connectivity index (χ4v) is 1.52. The molecule has 1 aromatic carbocycles. The summed E-state index contributed by atoms with van der Waals surface area (Å²) < 4.78 is 10.4. The Hall–Kier alpha value is -1.52. The first-order valence-electron chi connectivity index (χ1n) is 4.97. The van der Waals surface area contributed by atoms with Crippen molar-refractivity contribution in [1.29, 1.82) is 0 Å². The van der Waals surface area contributed by atoms with Crippen molar-refractivity contribution in [3.05, 3.63) is 35.9 Å².